The standard InChI is InChI=1S/C16H19N5O3S2/c1-2-9-21-15(11-3-4-11)19-20-16(21)25-10-14(22)18-12-5-7-13(8-6-12)26(17,23)24/h2,5-8,11H,1,3-4,9-10H2,(H,18,22)(H2,17,23,24). The van der Waals surface area contributed by atoms with E-state index in [2.05, 4.69) is 22.1 Å². The predicted octanol–water partition coefficient (Wildman–Crippen LogP) is 1.72. The molecule has 0 radical (unpaired) electrons. The Morgan fingerprint density at radius 3 is 2.62 bits per heavy atom. The third-order valence-electron chi connectivity index (χ3n) is 3.80. The van der Waals surface area contributed by atoms with Crippen molar-refractivity contribution in [2.24, 2.45) is 5.14 Å². The Hall–Kier alpha value is -2.17. The molecule has 1 saturated carbocycles. The van der Waals surface area contributed by atoms with Gasteiger partial charge in [-0.2, -0.15) is 0 Å². The third kappa shape index (κ3) is 4.51. The number of nitrogens with two attached hydrogens (primary N) is 1. The number of hydrogen-bond donors (Lipinski definition) is 2. The molecule has 1 aromatic carbocycles. The number of anilines is 1. The number of aromatic nitrogens is 3. The second-order valence-electron chi connectivity index (χ2n) is 5.92. The number of hydrogen-bond acceptors (Lipinski definition) is 6. The molecule has 10 heteroatoms. The lowest BCUT2D eigenvalue weighted by molar-refractivity contribution is -0.113. The number of carbonyl (C=O) groups excluding carboxylic acids is 1. The van der Waals surface area contributed by atoms with Crippen LogP contribution in [0.5, 0.6) is 0 Å². The van der Waals surface area contributed by atoms with Gasteiger partial charge in [0.2, 0.25) is 15.9 Å². The normalized spacial score (nSPS) is 14.2. The Morgan fingerprint density at radius 1 is 1.35 bits per heavy atom. The van der Waals surface area contributed by atoms with Crippen molar-refractivity contribution < 1.29 is 13.2 Å². The fourth-order valence-electron chi connectivity index (χ4n) is 2.41. The van der Waals surface area contributed by atoms with Gasteiger partial charge in [0.05, 0.1) is 10.6 Å². The van der Waals surface area contributed by atoms with Crippen LogP contribution in [-0.4, -0.2) is 34.8 Å². The van der Waals surface area contributed by atoms with Crippen molar-refractivity contribution >= 4 is 33.4 Å². The molecule has 3 rings (SSSR count). The van der Waals surface area contributed by atoms with Gasteiger partial charge in [-0.15, -0.1) is 16.8 Å². The zero-order chi connectivity index (χ0) is 18.7. The summed E-state index contributed by atoms with van der Waals surface area (Å²) in [5, 5.41) is 16.9. The number of allylic oxidation sites excluding steroid dienone is 1. The number of carbonyl (C=O) groups is 1. The van der Waals surface area contributed by atoms with Crippen LogP contribution in [-0.2, 0) is 21.4 Å². The zero-order valence-electron chi connectivity index (χ0n) is 14.0. The molecule has 1 fully saturated rings. The first kappa shape index (κ1) is 18.6. The average Bonchev–Trinajstić information content (AvgIpc) is 3.35. The summed E-state index contributed by atoms with van der Waals surface area (Å²) in [6, 6.07) is 5.68. The first-order valence-corrected chi connectivity index (χ1v) is 10.5. The molecule has 1 amide bonds. The van der Waals surface area contributed by atoms with E-state index < -0.39 is 10.0 Å². The van der Waals surface area contributed by atoms with Crippen LogP contribution in [0.4, 0.5) is 5.69 Å². The van der Waals surface area contributed by atoms with Crippen LogP contribution in [0.2, 0.25) is 0 Å². The molecular weight excluding hydrogens is 374 g/mol. The predicted molar refractivity (Wildman–Crippen MR) is 99.4 cm³/mol. The molecule has 138 valence electrons. The van der Waals surface area contributed by atoms with Crippen molar-refractivity contribution in [3.63, 3.8) is 0 Å². The maximum absolute atomic E-state index is 12.1. The molecule has 0 aliphatic heterocycles. The van der Waals surface area contributed by atoms with Gasteiger partial charge in [0.15, 0.2) is 5.16 Å². The highest BCUT2D eigenvalue weighted by Gasteiger charge is 2.30. The Kier molecular flexibility index (Phi) is 5.44. The van der Waals surface area contributed by atoms with Crippen molar-refractivity contribution in [2.75, 3.05) is 11.1 Å². The van der Waals surface area contributed by atoms with Gasteiger partial charge >= 0.3 is 0 Å². The number of rotatable bonds is 8. The second-order valence-corrected chi connectivity index (χ2v) is 8.42. The van der Waals surface area contributed by atoms with E-state index in [1.165, 1.54) is 36.0 Å². The Labute approximate surface area is 155 Å². The van der Waals surface area contributed by atoms with Crippen molar-refractivity contribution in [3.8, 4) is 0 Å². The Morgan fingerprint density at radius 2 is 2.04 bits per heavy atom. The van der Waals surface area contributed by atoms with Crippen LogP contribution in [0, 0.1) is 0 Å². The monoisotopic (exact) mass is 393 g/mol. The van der Waals surface area contributed by atoms with E-state index in [1.54, 1.807) is 6.08 Å². The molecule has 26 heavy (non-hydrogen) atoms. The minimum atomic E-state index is -3.75. The van der Waals surface area contributed by atoms with E-state index in [1.807, 2.05) is 4.57 Å². The van der Waals surface area contributed by atoms with E-state index in [0.717, 1.165) is 18.7 Å². The van der Waals surface area contributed by atoms with Gasteiger partial charge < -0.3 is 9.88 Å². The van der Waals surface area contributed by atoms with Gasteiger partial charge in [-0.3, -0.25) is 4.79 Å². The van der Waals surface area contributed by atoms with Gasteiger partial charge in [-0.25, -0.2) is 13.6 Å². The van der Waals surface area contributed by atoms with E-state index in [9.17, 15) is 13.2 Å². The van der Waals surface area contributed by atoms with Crippen molar-refractivity contribution in [3.05, 3.63) is 42.7 Å². The molecule has 1 aromatic heterocycles. The summed E-state index contributed by atoms with van der Waals surface area (Å²) < 4.78 is 24.4. The Balaban J connectivity index is 1.60. The number of amides is 1. The van der Waals surface area contributed by atoms with Crippen molar-refractivity contribution in [2.45, 2.75) is 35.4 Å². The molecule has 1 aliphatic rings. The van der Waals surface area contributed by atoms with E-state index in [-0.39, 0.29) is 16.6 Å². The summed E-state index contributed by atoms with van der Waals surface area (Å²) in [6.07, 6.45) is 4.02. The maximum Gasteiger partial charge on any atom is 0.238 e. The summed E-state index contributed by atoms with van der Waals surface area (Å²) in [5.74, 6) is 1.35. The molecular formula is C16H19N5O3S2. The van der Waals surface area contributed by atoms with Crippen LogP contribution in [0.15, 0.2) is 47.0 Å². The molecule has 0 unspecified atom stereocenters. The molecule has 0 bridgehead atoms. The van der Waals surface area contributed by atoms with Crippen LogP contribution in [0.1, 0.15) is 24.6 Å². The van der Waals surface area contributed by atoms with Gasteiger partial charge in [0, 0.05) is 18.2 Å². The summed E-state index contributed by atoms with van der Waals surface area (Å²) in [4.78, 5) is 12.1. The number of nitrogens with zero attached hydrogens (tertiary/aromatic N) is 3. The van der Waals surface area contributed by atoms with E-state index in [0.29, 0.717) is 23.3 Å². The fraction of sp³-hybridized carbons (Fsp3) is 0.312. The average molecular weight is 393 g/mol. The highest BCUT2D eigenvalue weighted by Crippen LogP contribution is 2.40. The number of nitrogens with one attached hydrogen (secondary N) is 1. The quantitative estimate of drug-likeness (QED) is 0.520. The summed E-state index contributed by atoms with van der Waals surface area (Å²) >= 11 is 1.30. The smallest absolute Gasteiger partial charge is 0.238 e. The minimum absolute atomic E-state index is 0.00462. The van der Waals surface area contributed by atoms with Crippen molar-refractivity contribution in [1.82, 2.24) is 14.8 Å². The topological polar surface area (TPSA) is 120 Å². The zero-order valence-corrected chi connectivity index (χ0v) is 15.6. The largest absolute Gasteiger partial charge is 0.325 e. The highest BCUT2D eigenvalue weighted by atomic mass is 32.2. The molecule has 3 N–H and O–H groups in total. The van der Waals surface area contributed by atoms with Gasteiger partial charge in [0.25, 0.3) is 0 Å². The molecule has 8 nitrogen and oxygen atoms in total. The second kappa shape index (κ2) is 7.60. The summed E-state index contributed by atoms with van der Waals surface area (Å²) in [7, 11) is -3.75. The number of sulfonamides is 1. The SMILES string of the molecule is C=CCn1c(SCC(=O)Nc2ccc(S(N)(=O)=O)cc2)nnc1C1CC1. The van der Waals surface area contributed by atoms with Gasteiger partial charge in [-0.05, 0) is 37.1 Å². The lowest BCUT2D eigenvalue weighted by Gasteiger charge is -2.08. The van der Waals surface area contributed by atoms with Gasteiger partial charge in [0.1, 0.15) is 5.82 Å². The van der Waals surface area contributed by atoms with Crippen LogP contribution >= 0.6 is 11.8 Å². The minimum Gasteiger partial charge on any atom is -0.325 e. The molecule has 0 atom stereocenters. The highest BCUT2D eigenvalue weighted by molar-refractivity contribution is 7.99. The summed E-state index contributed by atoms with van der Waals surface area (Å²) in [6.45, 7) is 4.37. The number of primary sulfonamides is 1. The first-order valence-electron chi connectivity index (χ1n) is 7.98. The fourth-order valence-corrected chi connectivity index (χ4v) is 3.68. The van der Waals surface area contributed by atoms with Crippen LogP contribution < -0.4 is 10.5 Å². The van der Waals surface area contributed by atoms with Crippen molar-refractivity contribution in [1.29, 1.82) is 0 Å². The molecule has 2 aromatic rings. The van der Waals surface area contributed by atoms with Crippen LogP contribution in [0.3, 0.4) is 0 Å². The first-order chi connectivity index (χ1) is 12.4. The molecule has 1 aliphatic carbocycles. The Bertz CT molecular complexity index is 918. The van der Waals surface area contributed by atoms with Gasteiger partial charge in [-0.1, -0.05) is 17.8 Å². The van der Waals surface area contributed by atoms with Crippen LogP contribution in [0.25, 0.3) is 0 Å². The third-order valence-corrected chi connectivity index (χ3v) is 5.69. The van der Waals surface area contributed by atoms with E-state index >= 15 is 0 Å². The number of thioether (sulfide) groups is 1. The lowest BCUT2D eigenvalue weighted by atomic mass is 10.3. The lowest BCUT2D eigenvalue weighted by Crippen LogP contribution is -2.15. The molecule has 0 saturated heterocycles. The molecule has 1 heterocycles. The van der Waals surface area contributed by atoms with E-state index in [4.69, 9.17) is 5.14 Å². The molecule has 0 spiro atoms. The summed E-state index contributed by atoms with van der Waals surface area (Å²) in [5.41, 5.74) is 0.495. The maximum atomic E-state index is 12.1. The number of benzene rings is 1.